The topological polar surface area (TPSA) is 59.4 Å². The normalized spacial score (nSPS) is 10.9. The molecular weight excluding hydrogens is 379 g/mol. The molecule has 5 nitrogen and oxygen atoms in total. The summed E-state index contributed by atoms with van der Waals surface area (Å²) in [6.45, 7) is 0. The molecule has 0 aliphatic carbocycles. The van der Waals surface area contributed by atoms with Gasteiger partial charge < -0.3 is 4.74 Å². The summed E-state index contributed by atoms with van der Waals surface area (Å²) < 4.78 is 18.7. The van der Waals surface area contributed by atoms with E-state index in [9.17, 15) is 4.39 Å². The van der Waals surface area contributed by atoms with Crippen LogP contribution in [0.4, 0.5) is 10.3 Å². The molecule has 1 heterocycles. The summed E-state index contributed by atoms with van der Waals surface area (Å²) in [4.78, 5) is 9.12. The SMILES string of the molecule is COc1ccccc1/C=N/Nc1nc(-c2ccccc2)cc(-c2ccc(F)cc2)n1. The molecule has 1 N–H and O–H groups in total. The molecule has 0 spiro atoms. The number of halogens is 1. The van der Waals surface area contributed by atoms with Crippen LogP contribution < -0.4 is 10.2 Å². The highest BCUT2D eigenvalue weighted by molar-refractivity contribution is 5.84. The van der Waals surface area contributed by atoms with Crippen LogP contribution in [0.3, 0.4) is 0 Å². The Kier molecular flexibility index (Phi) is 5.75. The third kappa shape index (κ3) is 4.50. The van der Waals surface area contributed by atoms with E-state index in [-0.39, 0.29) is 5.82 Å². The van der Waals surface area contributed by atoms with Crippen molar-refractivity contribution in [2.24, 2.45) is 5.10 Å². The highest BCUT2D eigenvalue weighted by Crippen LogP contribution is 2.25. The maximum Gasteiger partial charge on any atom is 0.244 e. The summed E-state index contributed by atoms with van der Waals surface area (Å²) in [6.07, 6.45) is 1.65. The molecule has 0 aliphatic rings. The zero-order valence-corrected chi connectivity index (χ0v) is 16.3. The maximum absolute atomic E-state index is 13.3. The number of methoxy groups -OCH3 is 1. The van der Waals surface area contributed by atoms with Crippen LogP contribution in [0.25, 0.3) is 22.5 Å². The number of nitrogens with one attached hydrogen (secondary N) is 1. The van der Waals surface area contributed by atoms with Gasteiger partial charge in [-0.3, -0.25) is 0 Å². The van der Waals surface area contributed by atoms with Gasteiger partial charge in [-0.05, 0) is 42.5 Å². The monoisotopic (exact) mass is 398 g/mol. The molecular formula is C24H19FN4O. The number of anilines is 1. The maximum atomic E-state index is 13.3. The minimum atomic E-state index is -0.296. The first-order valence-electron chi connectivity index (χ1n) is 9.35. The Bertz CT molecular complexity index is 1160. The van der Waals surface area contributed by atoms with Crippen LogP contribution in [0.2, 0.25) is 0 Å². The quantitative estimate of drug-likeness (QED) is 0.349. The molecule has 0 bridgehead atoms. The zero-order chi connectivity index (χ0) is 20.8. The van der Waals surface area contributed by atoms with Crippen LogP contribution in [0, 0.1) is 5.82 Å². The highest BCUT2D eigenvalue weighted by atomic mass is 19.1. The van der Waals surface area contributed by atoms with E-state index in [2.05, 4.69) is 20.5 Å². The van der Waals surface area contributed by atoms with Crippen molar-refractivity contribution >= 4 is 12.2 Å². The lowest BCUT2D eigenvalue weighted by Crippen LogP contribution is -2.00. The molecule has 0 saturated heterocycles. The van der Waals surface area contributed by atoms with Gasteiger partial charge in [0.05, 0.1) is 24.7 Å². The first-order chi connectivity index (χ1) is 14.7. The molecule has 6 heteroatoms. The Morgan fingerprint density at radius 2 is 1.47 bits per heavy atom. The number of hydrogen-bond donors (Lipinski definition) is 1. The number of para-hydroxylation sites is 1. The van der Waals surface area contributed by atoms with E-state index in [1.807, 2.05) is 60.7 Å². The fraction of sp³-hybridized carbons (Fsp3) is 0.0417. The lowest BCUT2D eigenvalue weighted by Gasteiger charge is -2.08. The predicted octanol–water partition coefficient (Wildman–Crippen LogP) is 5.40. The molecule has 1 aromatic heterocycles. The summed E-state index contributed by atoms with van der Waals surface area (Å²) >= 11 is 0. The summed E-state index contributed by atoms with van der Waals surface area (Å²) in [7, 11) is 1.61. The number of aromatic nitrogens is 2. The molecule has 30 heavy (non-hydrogen) atoms. The minimum absolute atomic E-state index is 0.296. The van der Waals surface area contributed by atoms with Crippen molar-refractivity contribution in [2.45, 2.75) is 0 Å². The standard InChI is InChI=1S/C24H19FN4O/c1-30-23-10-6-5-9-19(23)16-26-29-24-27-21(17-7-3-2-4-8-17)15-22(28-24)18-11-13-20(25)14-12-18/h2-16H,1H3,(H,27,28,29)/b26-16+. The average Bonchev–Trinajstić information content (AvgIpc) is 2.80. The number of hydrogen-bond acceptors (Lipinski definition) is 5. The van der Waals surface area contributed by atoms with Crippen LogP contribution in [-0.2, 0) is 0 Å². The van der Waals surface area contributed by atoms with Gasteiger partial charge in [-0.1, -0.05) is 42.5 Å². The van der Waals surface area contributed by atoms with Crippen LogP contribution in [-0.4, -0.2) is 23.3 Å². The Morgan fingerprint density at radius 1 is 0.833 bits per heavy atom. The minimum Gasteiger partial charge on any atom is -0.496 e. The predicted molar refractivity (Wildman–Crippen MR) is 117 cm³/mol. The molecule has 3 aromatic carbocycles. The van der Waals surface area contributed by atoms with Gasteiger partial charge in [0.1, 0.15) is 11.6 Å². The summed E-state index contributed by atoms with van der Waals surface area (Å²) in [5, 5.41) is 4.26. The lowest BCUT2D eigenvalue weighted by atomic mass is 10.1. The van der Waals surface area contributed by atoms with E-state index in [4.69, 9.17) is 4.74 Å². The molecule has 4 aromatic rings. The van der Waals surface area contributed by atoms with Crippen molar-refractivity contribution < 1.29 is 9.13 Å². The third-order valence-electron chi connectivity index (χ3n) is 4.44. The Hall–Kier alpha value is -4.06. The van der Waals surface area contributed by atoms with E-state index in [0.29, 0.717) is 17.4 Å². The summed E-state index contributed by atoms with van der Waals surface area (Å²) in [5.41, 5.74) is 6.85. The molecule has 0 fully saturated rings. The Balaban J connectivity index is 1.68. The van der Waals surface area contributed by atoms with Crippen molar-refractivity contribution in [1.29, 1.82) is 0 Å². The molecule has 0 radical (unpaired) electrons. The Morgan fingerprint density at radius 3 is 2.17 bits per heavy atom. The zero-order valence-electron chi connectivity index (χ0n) is 16.3. The number of hydrazone groups is 1. The van der Waals surface area contributed by atoms with Gasteiger partial charge >= 0.3 is 0 Å². The van der Waals surface area contributed by atoms with E-state index < -0.39 is 0 Å². The Labute approximate surface area is 173 Å². The van der Waals surface area contributed by atoms with Crippen molar-refractivity contribution in [2.75, 3.05) is 12.5 Å². The van der Waals surface area contributed by atoms with Crippen molar-refractivity contribution in [3.8, 4) is 28.3 Å². The number of rotatable bonds is 6. The van der Waals surface area contributed by atoms with Gasteiger partial charge in [-0.25, -0.2) is 19.8 Å². The van der Waals surface area contributed by atoms with Gasteiger partial charge in [0.25, 0.3) is 0 Å². The second-order valence-corrected chi connectivity index (χ2v) is 6.45. The smallest absolute Gasteiger partial charge is 0.244 e. The van der Waals surface area contributed by atoms with Crippen LogP contribution >= 0.6 is 0 Å². The number of benzene rings is 3. The van der Waals surface area contributed by atoms with E-state index >= 15 is 0 Å². The van der Waals surface area contributed by atoms with E-state index in [1.165, 1.54) is 12.1 Å². The van der Waals surface area contributed by atoms with E-state index in [0.717, 1.165) is 22.4 Å². The van der Waals surface area contributed by atoms with Crippen LogP contribution in [0.15, 0.2) is 90.0 Å². The number of ether oxygens (including phenoxy) is 1. The molecule has 4 rings (SSSR count). The summed E-state index contributed by atoms with van der Waals surface area (Å²) in [6, 6.07) is 25.4. The van der Waals surface area contributed by atoms with Gasteiger partial charge in [-0.2, -0.15) is 5.10 Å². The first-order valence-corrected chi connectivity index (χ1v) is 9.35. The molecule has 0 atom stereocenters. The second-order valence-electron chi connectivity index (χ2n) is 6.45. The molecule has 0 amide bonds. The largest absolute Gasteiger partial charge is 0.496 e. The highest BCUT2D eigenvalue weighted by Gasteiger charge is 2.09. The molecule has 0 saturated carbocycles. The summed E-state index contributed by atoms with van der Waals surface area (Å²) in [5.74, 6) is 0.756. The van der Waals surface area contributed by atoms with Crippen LogP contribution in [0.1, 0.15) is 5.56 Å². The van der Waals surface area contributed by atoms with Crippen molar-refractivity contribution in [1.82, 2.24) is 9.97 Å². The van der Waals surface area contributed by atoms with Crippen molar-refractivity contribution in [3.05, 3.63) is 96.3 Å². The fourth-order valence-corrected chi connectivity index (χ4v) is 2.96. The van der Waals surface area contributed by atoms with Crippen LogP contribution in [0.5, 0.6) is 5.75 Å². The second kappa shape index (κ2) is 8.96. The molecule has 0 aliphatic heterocycles. The van der Waals surface area contributed by atoms with Gasteiger partial charge in [0.2, 0.25) is 5.95 Å². The van der Waals surface area contributed by atoms with E-state index in [1.54, 1.807) is 25.5 Å². The number of nitrogens with zero attached hydrogens (tertiary/aromatic N) is 3. The lowest BCUT2D eigenvalue weighted by molar-refractivity contribution is 0.414. The first kappa shape index (κ1) is 19.3. The molecule has 0 unspecified atom stereocenters. The van der Waals surface area contributed by atoms with Gasteiger partial charge in [0.15, 0.2) is 0 Å². The molecule has 148 valence electrons. The third-order valence-corrected chi connectivity index (χ3v) is 4.44. The van der Waals surface area contributed by atoms with Gasteiger partial charge in [-0.15, -0.1) is 0 Å². The average molecular weight is 398 g/mol. The van der Waals surface area contributed by atoms with Gasteiger partial charge in [0, 0.05) is 16.7 Å². The fourth-order valence-electron chi connectivity index (χ4n) is 2.96. The van der Waals surface area contributed by atoms with Crippen molar-refractivity contribution in [3.63, 3.8) is 0 Å².